The summed E-state index contributed by atoms with van der Waals surface area (Å²) in [5.74, 6) is 0.749. The maximum absolute atomic E-state index is 13.8. The normalized spacial score (nSPS) is 15.2. The van der Waals surface area contributed by atoms with E-state index in [1.54, 1.807) is 19.1 Å². The Kier molecular flexibility index (Phi) is 6.82. The van der Waals surface area contributed by atoms with E-state index in [0.29, 0.717) is 29.8 Å². The van der Waals surface area contributed by atoms with E-state index in [1.807, 2.05) is 31.3 Å². The third kappa shape index (κ3) is 5.43. The number of Topliss-reactive ketones (excluding diaryl/α,β-unsaturated/α-hetero) is 1. The zero-order valence-electron chi connectivity index (χ0n) is 19.2. The number of carbonyl (C=O) groups excluding carboxylic acids is 1. The van der Waals surface area contributed by atoms with Gasteiger partial charge >= 0.3 is 6.18 Å². The molecule has 0 aliphatic heterocycles. The third-order valence-electron chi connectivity index (χ3n) is 6.60. The van der Waals surface area contributed by atoms with Gasteiger partial charge < -0.3 is 9.30 Å². The molecule has 0 spiro atoms. The number of ether oxygens (including phenoxy) is 1. The summed E-state index contributed by atoms with van der Waals surface area (Å²) >= 11 is 0. The predicted octanol–water partition coefficient (Wildman–Crippen LogP) is 7.57. The van der Waals surface area contributed by atoms with Crippen molar-refractivity contribution in [3.05, 3.63) is 64.8 Å². The Balaban J connectivity index is 1.53. The van der Waals surface area contributed by atoms with Crippen molar-refractivity contribution in [1.29, 1.82) is 0 Å². The summed E-state index contributed by atoms with van der Waals surface area (Å²) in [6.07, 6.45) is 2.78. The average Bonchev–Trinajstić information content (AvgIpc) is 3.19. The van der Waals surface area contributed by atoms with Crippen molar-refractivity contribution in [2.45, 2.75) is 77.6 Å². The number of hydrogen-bond donors (Lipinski definition) is 0. The van der Waals surface area contributed by atoms with Crippen LogP contribution in [0.2, 0.25) is 0 Å². The minimum Gasteiger partial charge on any atom is -0.489 e. The molecular weight excluding hydrogens is 427 g/mol. The van der Waals surface area contributed by atoms with Crippen molar-refractivity contribution in [1.82, 2.24) is 4.57 Å². The fourth-order valence-corrected chi connectivity index (χ4v) is 4.96. The highest BCUT2D eigenvalue weighted by molar-refractivity contribution is 5.85. The van der Waals surface area contributed by atoms with Crippen LogP contribution in [0.3, 0.4) is 0 Å². The Morgan fingerprint density at radius 3 is 2.55 bits per heavy atom. The van der Waals surface area contributed by atoms with Gasteiger partial charge in [-0.05, 0) is 73.6 Å². The van der Waals surface area contributed by atoms with Crippen LogP contribution >= 0.6 is 0 Å². The van der Waals surface area contributed by atoms with E-state index >= 15 is 0 Å². The molecule has 0 radical (unpaired) electrons. The third-order valence-corrected chi connectivity index (χ3v) is 6.60. The molecule has 2 aromatic carbocycles. The molecule has 3 nitrogen and oxygen atoms in total. The molecule has 0 N–H and O–H groups in total. The Labute approximate surface area is 192 Å². The Bertz CT molecular complexity index is 1140. The van der Waals surface area contributed by atoms with Gasteiger partial charge in [0.15, 0.2) is 0 Å². The highest BCUT2D eigenvalue weighted by atomic mass is 19.4. The lowest BCUT2D eigenvalue weighted by atomic mass is 9.81. The molecule has 3 aromatic rings. The van der Waals surface area contributed by atoms with E-state index in [0.717, 1.165) is 48.6 Å². The van der Waals surface area contributed by atoms with Crippen LogP contribution in [0.15, 0.2) is 42.6 Å². The molecule has 1 aliphatic carbocycles. The quantitative estimate of drug-likeness (QED) is 0.366. The molecule has 0 atom stereocenters. The second-order valence-electron chi connectivity index (χ2n) is 9.18. The number of benzene rings is 2. The maximum atomic E-state index is 13.8. The van der Waals surface area contributed by atoms with Gasteiger partial charge in [-0.3, -0.25) is 4.79 Å². The number of carbonyl (C=O) groups is 1. The molecule has 1 aromatic heterocycles. The standard InChI is InChI=1S/C27H30F3NO2/c1-18-14-23(16-22-11-13-31(26(18)22)12-10-19(2)32)33-17-20-8-9-24(21-6-4-3-5-7-21)25(15-20)27(28,29)30/h8-9,11,13-16,21H,3-7,10,12,17H2,1-2H3. The maximum Gasteiger partial charge on any atom is 0.416 e. The number of hydrogen-bond acceptors (Lipinski definition) is 2. The first-order valence-electron chi connectivity index (χ1n) is 11.6. The van der Waals surface area contributed by atoms with Gasteiger partial charge in [-0.1, -0.05) is 31.4 Å². The number of alkyl halides is 3. The molecule has 1 heterocycles. The summed E-state index contributed by atoms with van der Waals surface area (Å²) in [7, 11) is 0. The summed E-state index contributed by atoms with van der Waals surface area (Å²) in [5.41, 5.74) is 2.46. The summed E-state index contributed by atoms with van der Waals surface area (Å²) < 4.78 is 49.4. The zero-order valence-corrected chi connectivity index (χ0v) is 19.2. The molecule has 1 fully saturated rings. The molecule has 0 saturated heterocycles. The monoisotopic (exact) mass is 457 g/mol. The molecule has 0 bridgehead atoms. The van der Waals surface area contributed by atoms with Crippen molar-refractivity contribution in [2.75, 3.05) is 0 Å². The molecule has 6 heteroatoms. The first kappa shape index (κ1) is 23.4. The van der Waals surface area contributed by atoms with Crippen molar-refractivity contribution >= 4 is 16.7 Å². The van der Waals surface area contributed by atoms with E-state index in [1.165, 1.54) is 6.07 Å². The van der Waals surface area contributed by atoms with Crippen molar-refractivity contribution < 1.29 is 22.7 Å². The van der Waals surface area contributed by atoms with Crippen molar-refractivity contribution in [3.63, 3.8) is 0 Å². The predicted molar refractivity (Wildman–Crippen MR) is 124 cm³/mol. The minimum absolute atomic E-state index is 0.0116. The van der Waals surface area contributed by atoms with Gasteiger partial charge in [0.25, 0.3) is 0 Å². The van der Waals surface area contributed by atoms with E-state index < -0.39 is 11.7 Å². The van der Waals surface area contributed by atoms with Crippen LogP contribution in [0.5, 0.6) is 5.75 Å². The van der Waals surface area contributed by atoms with E-state index in [9.17, 15) is 18.0 Å². The number of halogens is 3. The van der Waals surface area contributed by atoms with Crippen LogP contribution in [0.25, 0.3) is 10.9 Å². The number of ketones is 1. The van der Waals surface area contributed by atoms with E-state index in [4.69, 9.17) is 4.74 Å². The van der Waals surface area contributed by atoms with Crippen LogP contribution in [0.1, 0.15) is 73.6 Å². The van der Waals surface area contributed by atoms with Crippen LogP contribution in [-0.4, -0.2) is 10.4 Å². The molecule has 4 rings (SSSR count). The number of aromatic nitrogens is 1. The Morgan fingerprint density at radius 2 is 1.85 bits per heavy atom. The lowest BCUT2D eigenvalue weighted by Crippen LogP contribution is -2.15. The number of rotatable bonds is 7. The summed E-state index contributed by atoms with van der Waals surface area (Å²) in [4.78, 5) is 11.3. The van der Waals surface area contributed by atoms with Crippen LogP contribution in [0.4, 0.5) is 13.2 Å². The molecule has 33 heavy (non-hydrogen) atoms. The van der Waals surface area contributed by atoms with Gasteiger partial charge in [-0.25, -0.2) is 0 Å². The smallest absolute Gasteiger partial charge is 0.416 e. The molecule has 176 valence electrons. The minimum atomic E-state index is -4.37. The molecule has 0 unspecified atom stereocenters. The Hall–Kier alpha value is -2.76. The highest BCUT2D eigenvalue weighted by Gasteiger charge is 2.35. The molecule has 0 amide bonds. The highest BCUT2D eigenvalue weighted by Crippen LogP contribution is 2.41. The summed E-state index contributed by atoms with van der Waals surface area (Å²) in [6.45, 7) is 4.24. The molecular formula is C27H30F3NO2. The van der Waals surface area contributed by atoms with Gasteiger partial charge in [0.2, 0.25) is 0 Å². The van der Waals surface area contributed by atoms with E-state index in [2.05, 4.69) is 4.57 Å². The topological polar surface area (TPSA) is 31.2 Å². The van der Waals surface area contributed by atoms with Crippen LogP contribution in [0, 0.1) is 6.92 Å². The molecule has 1 saturated carbocycles. The average molecular weight is 458 g/mol. The van der Waals surface area contributed by atoms with Crippen LogP contribution < -0.4 is 4.74 Å². The summed E-state index contributed by atoms with van der Waals surface area (Å²) in [5, 5.41) is 0.983. The lowest BCUT2D eigenvalue weighted by Gasteiger charge is -2.25. The van der Waals surface area contributed by atoms with Gasteiger partial charge in [0.1, 0.15) is 18.1 Å². The fraction of sp³-hybridized carbons (Fsp3) is 0.444. The lowest BCUT2D eigenvalue weighted by molar-refractivity contribution is -0.138. The van der Waals surface area contributed by atoms with Gasteiger partial charge in [-0.15, -0.1) is 0 Å². The molecule has 1 aliphatic rings. The first-order chi connectivity index (χ1) is 15.7. The summed E-state index contributed by atoms with van der Waals surface area (Å²) in [6, 6.07) is 10.4. The number of nitrogens with zero attached hydrogens (tertiary/aromatic N) is 1. The van der Waals surface area contributed by atoms with E-state index in [-0.39, 0.29) is 18.3 Å². The largest absolute Gasteiger partial charge is 0.489 e. The van der Waals surface area contributed by atoms with Gasteiger partial charge in [0, 0.05) is 24.5 Å². The second-order valence-corrected chi connectivity index (χ2v) is 9.18. The van der Waals surface area contributed by atoms with Crippen LogP contribution in [-0.2, 0) is 24.1 Å². The fourth-order valence-electron chi connectivity index (χ4n) is 4.96. The van der Waals surface area contributed by atoms with Crippen molar-refractivity contribution in [2.24, 2.45) is 0 Å². The van der Waals surface area contributed by atoms with Crippen molar-refractivity contribution in [3.8, 4) is 5.75 Å². The SMILES string of the molecule is CC(=O)CCn1ccc2cc(OCc3ccc(C4CCCCC4)c(C(F)(F)F)c3)cc(C)c21. The number of aryl methyl sites for hydroxylation is 2. The van der Waals surface area contributed by atoms with Gasteiger partial charge in [-0.2, -0.15) is 13.2 Å². The van der Waals surface area contributed by atoms with Gasteiger partial charge in [0.05, 0.1) is 11.1 Å². The number of fused-ring (bicyclic) bond motifs is 1. The first-order valence-corrected chi connectivity index (χ1v) is 11.6. The zero-order chi connectivity index (χ0) is 23.6. The Morgan fingerprint density at radius 1 is 1.09 bits per heavy atom. The second kappa shape index (κ2) is 9.62.